The average molecular weight is 384 g/mol. The summed E-state index contributed by atoms with van der Waals surface area (Å²) in [6, 6.07) is 7.85. The van der Waals surface area contributed by atoms with Gasteiger partial charge in [-0.05, 0) is 34.1 Å². The molecule has 2 rings (SSSR count). The normalized spacial score (nSPS) is 11.1. The fraction of sp³-hybridized carbons (Fsp3) is 0.333. The summed E-state index contributed by atoms with van der Waals surface area (Å²) in [5.74, 6) is 0.832. The number of aromatic nitrogens is 2. The number of aromatic amines is 1. The van der Waals surface area contributed by atoms with Crippen molar-refractivity contribution in [1.29, 1.82) is 0 Å². The summed E-state index contributed by atoms with van der Waals surface area (Å²) < 4.78 is 5.75. The number of rotatable bonds is 4. The van der Waals surface area contributed by atoms with E-state index in [4.69, 9.17) is 4.74 Å². The van der Waals surface area contributed by atoms with Crippen molar-refractivity contribution >= 4 is 22.6 Å². The smallest absolute Gasteiger partial charge is 0.264 e. The lowest BCUT2D eigenvalue weighted by molar-refractivity contribution is 0.185. The highest BCUT2D eigenvalue weighted by atomic mass is 127. The molecule has 0 fully saturated rings. The lowest BCUT2D eigenvalue weighted by Gasteiger charge is -2.10. The van der Waals surface area contributed by atoms with Gasteiger partial charge in [-0.1, -0.05) is 38.1 Å². The highest BCUT2D eigenvalue weighted by molar-refractivity contribution is 14.1. The van der Waals surface area contributed by atoms with Gasteiger partial charge >= 0.3 is 0 Å². The molecule has 0 unspecified atom stereocenters. The van der Waals surface area contributed by atoms with Crippen LogP contribution in [0.3, 0.4) is 0 Å². The molecule has 4 nitrogen and oxygen atoms in total. The van der Waals surface area contributed by atoms with Crippen LogP contribution in [0.4, 0.5) is 0 Å². The van der Waals surface area contributed by atoms with E-state index in [1.54, 1.807) is 7.11 Å². The second-order valence-electron chi connectivity index (χ2n) is 4.90. The number of benzene rings is 1. The van der Waals surface area contributed by atoms with E-state index in [-0.39, 0.29) is 11.5 Å². The van der Waals surface area contributed by atoms with Gasteiger partial charge in [-0.15, -0.1) is 0 Å². The molecule has 106 valence electrons. The minimum atomic E-state index is -0.0831. The molecule has 20 heavy (non-hydrogen) atoms. The molecule has 0 saturated carbocycles. The highest BCUT2D eigenvalue weighted by Crippen LogP contribution is 2.20. The minimum Gasteiger partial charge on any atom is -0.380 e. The summed E-state index contributed by atoms with van der Waals surface area (Å²) in [5.41, 5.74) is 2.75. The highest BCUT2D eigenvalue weighted by Gasteiger charge is 2.13. The first-order valence-corrected chi connectivity index (χ1v) is 7.48. The number of hydrogen-bond acceptors (Lipinski definition) is 3. The molecule has 5 heteroatoms. The van der Waals surface area contributed by atoms with Gasteiger partial charge in [-0.25, -0.2) is 4.98 Å². The third kappa shape index (κ3) is 3.27. The van der Waals surface area contributed by atoms with Crippen LogP contribution < -0.4 is 5.56 Å². The maximum absolute atomic E-state index is 12.0. The Hall–Kier alpha value is -1.21. The first-order chi connectivity index (χ1) is 9.52. The number of halogens is 1. The zero-order chi connectivity index (χ0) is 14.7. The van der Waals surface area contributed by atoms with E-state index >= 15 is 0 Å². The third-order valence-corrected chi connectivity index (χ3v) is 4.02. The van der Waals surface area contributed by atoms with E-state index in [2.05, 4.69) is 9.97 Å². The third-order valence-electron chi connectivity index (χ3n) is 2.97. The second-order valence-corrected chi connectivity index (χ2v) is 5.98. The number of hydrogen-bond donors (Lipinski definition) is 1. The van der Waals surface area contributed by atoms with Crippen LogP contribution in [0.1, 0.15) is 31.0 Å². The molecule has 1 aromatic heterocycles. The van der Waals surface area contributed by atoms with Crippen LogP contribution in [0.15, 0.2) is 29.1 Å². The van der Waals surface area contributed by atoms with Gasteiger partial charge in [0.25, 0.3) is 5.56 Å². The van der Waals surface area contributed by atoms with Gasteiger partial charge in [-0.2, -0.15) is 0 Å². The molecular formula is C15H17IN2O2. The maximum atomic E-state index is 12.0. The molecule has 0 spiro atoms. The van der Waals surface area contributed by atoms with Crippen molar-refractivity contribution in [3.8, 4) is 11.4 Å². The number of methoxy groups -OCH3 is 1. The van der Waals surface area contributed by atoms with Gasteiger partial charge in [0.15, 0.2) is 0 Å². The fourth-order valence-corrected chi connectivity index (χ4v) is 2.80. The standard InChI is InChI=1S/C15H17IN2O2/c1-9(2)13-12(16)15(19)18-14(17-13)11-6-4-10(5-7-11)8-20-3/h4-7,9H,8H2,1-3H3,(H,17,18,19). The molecule has 0 aliphatic carbocycles. The van der Waals surface area contributed by atoms with Gasteiger partial charge in [0, 0.05) is 12.7 Å². The molecule has 1 N–H and O–H groups in total. The Morgan fingerprint density at radius 3 is 2.50 bits per heavy atom. The Labute approximate surface area is 131 Å². The molecule has 1 aromatic carbocycles. The SMILES string of the molecule is COCc1ccc(-c2nc(C(C)C)c(I)c(=O)[nH]2)cc1. The summed E-state index contributed by atoms with van der Waals surface area (Å²) in [7, 11) is 1.67. The monoisotopic (exact) mass is 384 g/mol. The molecule has 2 aromatic rings. The minimum absolute atomic E-state index is 0.0831. The van der Waals surface area contributed by atoms with Gasteiger partial charge < -0.3 is 9.72 Å². The Bertz CT molecular complexity index is 648. The Kier molecular flexibility index (Phi) is 4.93. The van der Waals surface area contributed by atoms with Crippen molar-refractivity contribution in [3.05, 3.63) is 49.4 Å². The van der Waals surface area contributed by atoms with Crippen LogP contribution in [0, 0.1) is 3.57 Å². The van der Waals surface area contributed by atoms with E-state index < -0.39 is 0 Å². The maximum Gasteiger partial charge on any atom is 0.264 e. The Morgan fingerprint density at radius 1 is 1.30 bits per heavy atom. The second kappa shape index (κ2) is 6.49. The van der Waals surface area contributed by atoms with Crippen molar-refractivity contribution in [3.63, 3.8) is 0 Å². The molecule has 1 heterocycles. The van der Waals surface area contributed by atoms with E-state index in [0.29, 0.717) is 16.0 Å². The molecular weight excluding hydrogens is 367 g/mol. The molecule has 0 aliphatic heterocycles. The van der Waals surface area contributed by atoms with Gasteiger partial charge in [0.05, 0.1) is 15.9 Å². The quantitative estimate of drug-likeness (QED) is 0.823. The lowest BCUT2D eigenvalue weighted by atomic mass is 10.1. The van der Waals surface area contributed by atoms with Crippen LogP contribution in [0.25, 0.3) is 11.4 Å². The predicted molar refractivity (Wildman–Crippen MR) is 87.8 cm³/mol. The zero-order valence-corrected chi connectivity index (χ0v) is 13.9. The van der Waals surface area contributed by atoms with Gasteiger partial charge in [0.2, 0.25) is 0 Å². The number of nitrogens with one attached hydrogen (secondary N) is 1. The molecule has 0 bridgehead atoms. The number of nitrogens with zero attached hydrogens (tertiary/aromatic N) is 1. The summed E-state index contributed by atoms with van der Waals surface area (Å²) >= 11 is 2.05. The molecule has 0 saturated heterocycles. The average Bonchev–Trinajstić information content (AvgIpc) is 2.42. The summed E-state index contributed by atoms with van der Waals surface area (Å²) in [6.45, 7) is 4.65. The van der Waals surface area contributed by atoms with Gasteiger partial charge in [-0.3, -0.25) is 4.79 Å². The van der Waals surface area contributed by atoms with Crippen molar-refractivity contribution < 1.29 is 4.74 Å². The molecule has 0 atom stereocenters. The van der Waals surface area contributed by atoms with E-state index in [1.807, 2.05) is 60.7 Å². The van der Waals surface area contributed by atoms with E-state index in [1.165, 1.54) is 0 Å². The predicted octanol–water partition coefficient (Wildman–Crippen LogP) is 3.31. The van der Waals surface area contributed by atoms with Crippen molar-refractivity contribution in [1.82, 2.24) is 9.97 Å². The number of H-pyrrole nitrogens is 1. The van der Waals surface area contributed by atoms with Crippen LogP contribution in [0.5, 0.6) is 0 Å². The molecule has 0 radical (unpaired) electrons. The Balaban J connectivity index is 2.44. The first-order valence-electron chi connectivity index (χ1n) is 6.41. The molecule has 0 amide bonds. The number of ether oxygens (including phenoxy) is 1. The fourth-order valence-electron chi connectivity index (χ4n) is 1.92. The van der Waals surface area contributed by atoms with E-state index in [9.17, 15) is 4.79 Å². The lowest BCUT2D eigenvalue weighted by Crippen LogP contribution is -2.17. The zero-order valence-electron chi connectivity index (χ0n) is 11.7. The van der Waals surface area contributed by atoms with Crippen LogP contribution in [-0.4, -0.2) is 17.1 Å². The van der Waals surface area contributed by atoms with Crippen LogP contribution in [-0.2, 0) is 11.3 Å². The van der Waals surface area contributed by atoms with Crippen molar-refractivity contribution in [2.75, 3.05) is 7.11 Å². The van der Waals surface area contributed by atoms with Gasteiger partial charge in [0.1, 0.15) is 5.82 Å². The molecule has 0 aliphatic rings. The summed E-state index contributed by atoms with van der Waals surface area (Å²) in [6.07, 6.45) is 0. The summed E-state index contributed by atoms with van der Waals surface area (Å²) in [4.78, 5) is 19.4. The first kappa shape index (κ1) is 15.2. The topological polar surface area (TPSA) is 55.0 Å². The largest absolute Gasteiger partial charge is 0.380 e. The van der Waals surface area contributed by atoms with Crippen molar-refractivity contribution in [2.24, 2.45) is 0 Å². The van der Waals surface area contributed by atoms with Crippen molar-refractivity contribution in [2.45, 2.75) is 26.4 Å². The summed E-state index contributed by atoms with van der Waals surface area (Å²) in [5, 5.41) is 0. The van der Waals surface area contributed by atoms with Crippen LogP contribution in [0.2, 0.25) is 0 Å². The Morgan fingerprint density at radius 2 is 1.95 bits per heavy atom. The van der Waals surface area contributed by atoms with Crippen LogP contribution >= 0.6 is 22.6 Å². The van der Waals surface area contributed by atoms with E-state index in [0.717, 1.165) is 16.8 Å².